The van der Waals surface area contributed by atoms with E-state index in [-0.39, 0.29) is 12.0 Å². The molecule has 100 valence electrons. The van der Waals surface area contributed by atoms with Gasteiger partial charge in [-0.1, -0.05) is 41.9 Å². The zero-order valence-corrected chi connectivity index (χ0v) is 11.6. The maximum absolute atomic E-state index is 5.84. The summed E-state index contributed by atoms with van der Waals surface area (Å²) >= 11 is 5.84. The Hall–Kier alpha value is -1.81. The van der Waals surface area contributed by atoms with Crippen LogP contribution in [0.2, 0.25) is 5.15 Å². The summed E-state index contributed by atoms with van der Waals surface area (Å²) in [6, 6.07) is 12.4. The number of anilines is 2. The first-order valence-electron chi connectivity index (χ1n) is 6.24. The van der Waals surface area contributed by atoms with E-state index in [0.717, 1.165) is 12.8 Å². The van der Waals surface area contributed by atoms with Crippen LogP contribution in [0.5, 0.6) is 0 Å². The molecule has 2 aromatic rings. The second-order valence-corrected chi connectivity index (χ2v) is 4.89. The standard InChI is InChI=1S/C14H17ClN4/c1-10(7-8-11-5-3-2-4-6-11)17-13-9-12(15)18-14(16)19-13/h2-6,9-10H,7-8H2,1H3,(H3,16,17,18,19). The zero-order chi connectivity index (χ0) is 13.7. The number of halogens is 1. The topological polar surface area (TPSA) is 63.8 Å². The van der Waals surface area contributed by atoms with E-state index in [1.807, 2.05) is 6.07 Å². The number of nitrogens with one attached hydrogen (secondary N) is 1. The van der Waals surface area contributed by atoms with E-state index in [0.29, 0.717) is 11.0 Å². The minimum atomic E-state index is 0.185. The van der Waals surface area contributed by atoms with Crippen molar-refractivity contribution >= 4 is 23.4 Å². The second-order valence-electron chi connectivity index (χ2n) is 4.50. The summed E-state index contributed by atoms with van der Waals surface area (Å²) in [6.07, 6.45) is 2.02. The second kappa shape index (κ2) is 6.38. The van der Waals surface area contributed by atoms with Crippen LogP contribution in [0, 0.1) is 0 Å². The van der Waals surface area contributed by atoms with Crippen molar-refractivity contribution in [3.05, 3.63) is 47.1 Å². The Kier molecular flexibility index (Phi) is 4.58. The number of aryl methyl sites for hydroxylation is 1. The molecule has 1 aromatic heterocycles. The van der Waals surface area contributed by atoms with Crippen LogP contribution < -0.4 is 11.1 Å². The fourth-order valence-corrected chi connectivity index (χ4v) is 2.05. The molecule has 0 amide bonds. The molecule has 0 bridgehead atoms. The molecule has 1 heterocycles. The molecule has 4 nitrogen and oxygen atoms in total. The zero-order valence-electron chi connectivity index (χ0n) is 10.8. The summed E-state index contributed by atoms with van der Waals surface area (Å²) < 4.78 is 0. The Labute approximate surface area is 118 Å². The van der Waals surface area contributed by atoms with Crippen LogP contribution >= 0.6 is 11.6 Å². The van der Waals surface area contributed by atoms with Crippen LogP contribution in [0.4, 0.5) is 11.8 Å². The average Bonchev–Trinajstić information content (AvgIpc) is 2.36. The summed E-state index contributed by atoms with van der Waals surface area (Å²) in [6.45, 7) is 2.11. The highest BCUT2D eigenvalue weighted by atomic mass is 35.5. The molecule has 1 aromatic carbocycles. The van der Waals surface area contributed by atoms with Crippen LogP contribution in [-0.2, 0) is 6.42 Å². The molecule has 2 rings (SSSR count). The van der Waals surface area contributed by atoms with Gasteiger partial charge in [-0.05, 0) is 25.3 Å². The molecule has 0 aliphatic carbocycles. The maximum Gasteiger partial charge on any atom is 0.223 e. The number of hydrogen-bond acceptors (Lipinski definition) is 4. The fourth-order valence-electron chi connectivity index (χ4n) is 1.86. The third kappa shape index (κ3) is 4.41. The number of nitrogen functional groups attached to an aromatic ring is 1. The largest absolute Gasteiger partial charge is 0.368 e. The lowest BCUT2D eigenvalue weighted by molar-refractivity contribution is 0.703. The normalized spacial score (nSPS) is 12.1. The van der Waals surface area contributed by atoms with E-state index in [9.17, 15) is 0 Å². The van der Waals surface area contributed by atoms with Gasteiger partial charge in [-0.15, -0.1) is 0 Å². The van der Waals surface area contributed by atoms with Gasteiger partial charge in [0.05, 0.1) is 0 Å². The predicted octanol–water partition coefficient (Wildman–Crippen LogP) is 3.15. The molecular formula is C14H17ClN4. The first-order chi connectivity index (χ1) is 9.13. The van der Waals surface area contributed by atoms with Crippen LogP contribution in [0.25, 0.3) is 0 Å². The van der Waals surface area contributed by atoms with Crippen molar-refractivity contribution in [2.45, 2.75) is 25.8 Å². The van der Waals surface area contributed by atoms with Crippen LogP contribution in [0.1, 0.15) is 18.9 Å². The predicted molar refractivity (Wildman–Crippen MR) is 79.3 cm³/mol. The number of hydrogen-bond donors (Lipinski definition) is 2. The Morgan fingerprint density at radius 1 is 1.26 bits per heavy atom. The molecule has 0 saturated carbocycles. The summed E-state index contributed by atoms with van der Waals surface area (Å²) in [7, 11) is 0. The van der Waals surface area contributed by atoms with Crippen molar-refractivity contribution in [1.29, 1.82) is 0 Å². The lowest BCUT2D eigenvalue weighted by Gasteiger charge is -2.14. The van der Waals surface area contributed by atoms with Crippen molar-refractivity contribution in [3.63, 3.8) is 0 Å². The van der Waals surface area contributed by atoms with E-state index in [1.165, 1.54) is 5.56 Å². The fraction of sp³-hybridized carbons (Fsp3) is 0.286. The SMILES string of the molecule is CC(CCc1ccccc1)Nc1cc(Cl)nc(N)n1. The lowest BCUT2D eigenvalue weighted by Crippen LogP contribution is -2.17. The van der Waals surface area contributed by atoms with Gasteiger partial charge in [-0.25, -0.2) is 4.98 Å². The Balaban J connectivity index is 1.89. The third-order valence-corrected chi connectivity index (χ3v) is 3.01. The lowest BCUT2D eigenvalue weighted by atomic mass is 10.1. The van der Waals surface area contributed by atoms with Crippen LogP contribution in [-0.4, -0.2) is 16.0 Å². The number of rotatable bonds is 5. The van der Waals surface area contributed by atoms with Crippen molar-refractivity contribution in [1.82, 2.24) is 9.97 Å². The number of nitrogens with zero attached hydrogens (tertiary/aromatic N) is 2. The van der Waals surface area contributed by atoms with Crippen molar-refractivity contribution < 1.29 is 0 Å². The third-order valence-electron chi connectivity index (χ3n) is 2.82. The molecule has 0 fully saturated rings. The number of aromatic nitrogens is 2. The van der Waals surface area contributed by atoms with Gasteiger partial charge in [0.25, 0.3) is 0 Å². The monoisotopic (exact) mass is 276 g/mol. The Morgan fingerprint density at radius 3 is 2.68 bits per heavy atom. The molecule has 1 unspecified atom stereocenters. The summed E-state index contributed by atoms with van der Waals surface area (Å²) in [5, 5.41) is 3.63. The highest BCUT2D eigenvalue weighted by molar-refractivity contribution is 6.29. The molecule has 19 heavy (non-hydrogen) atoms. The summed E-state index contributed by atoms with van der Waals surface area (Å²) in [5.41, 5.74) is 6.88. The molecule has 0 saturated heterocycles. The van der Waals surface area contributed by atoms with Gasteiger partial charge < -0.3 is 11.1 Å². The number of nitrogens with two attached hydrogens (primary N) is 1. The molecular weight excluding hydrogens is 260 g/mol. The maximum atomic E-state index is 5.84. The van der Waals surface area contributed by atoms with E-state index >= 15 is 0 Å². The number of benzene rings is 1. The summed E-state index contributed by atoms with van der Waals surface area (Å²) in [5.74, 6) is 0.850. The van der Waals surface area contributed by atoms with Gasteiger partial charge in [-0.2, -0.15) is 4.98 Å². The van der Waals surface area contributed by atoms with E-state index in [2.05, 4.69) is 46.5 Å². The quantitative estimate of drug-likeness (QED) is 0.824. The smallest absolute Gasteiger partial charge is 0.223 e. The molecule has 3 N–H and O–H groups in total. The average molecular weight is 277 g/mol. The molecule has 0 radical (unpaired) electrons. The minimum Gasteiger partial charge on any atom is -0.368 e. The van der Waals surface area contributed by atoms with Gasteiger partial charge in [0.1, 0.15) is 11.0 Å². The van der Waals surface area contributed by atoms with Crippen molar-refractivity contribution in [3.8, 4) is 0 Å². The van der Waals surface area contributed by atoms with Gasteiger partial charge in [-0.3, -0.25) is 0 Å². The Morgan fingerprint density at radius 2 is 2.00 bits per heavy atom. The molecule has 0 spiro atoms. The highest BCUT2D eigenvalue weighted by Crippen LogP contribution is 2.15. The Bertz CT molecular complexity index is 510. The molecule has 0 aliphatic rings. The van der Waals surface area contributed by atoms with E-state index in [4.69, 9.17) is 17.3 Å². The minimum absolute atomic E-state index is 0.185. The summed E-state index contributed by atoms with van der Waals surface area (Å²) in [4.78, 5) is 7.93. The van der Waals surface area contributed by atoms with Crippen molar-refractivity contribution in [2.24, 2.45) is 0 Å². The molecule has 0 aliphatic heterocycles. The highest BCUT2D eigenvalue weighted by Gasteiger charge is 2.06. The van der Waals surface area contributed by atoms with Crippen LogP contribution in [0.15, 0.2) is 36.4 Å². The van der Waals surface area contributed by atoms with Gasteiger partial charge >= 0.3 is 0 Å². The molecule has 5 heteroatoms. The van der Waals surface area contributed by atoms with Gasteiger partial charge in [0.2, 0.25) is 5.95 Å². The van der Waals surface area contributed by atoms with Crippen LogP contribution in [0.3, 0.4) is 0 Å². The first-order valence-corrected chi connectivity index (χ1v) is 6.62. The molecule has 1 atom stereocenters. The van der Waals surface area contributed by atoms with E-state index < -0.39 is 0 Å². The van der Waals surface area contributed by atoms with Crippen molar-refractivity contribution in [2.75, 3.05) is 11.1 Å². The first kappa shape index (κ1) is 13.6. The van der Waals surface area contributed by atoms with E-state index in [1.54, 1.807) is 6.07 Å². The van der Waals surface area contributed by atoms with Gasteiger partial charge in [0, 0.05) is 12.1 Å². The van der Waals surface area contributed by atoms with Gasteiger partial charge in [0.15, 0.2) is 0 Å².